The SMILES string of the molecule is COc1ccc2ncc(C)c(C(O)CCC3(CC(=O)O)CCN(CCOc4c(F)cc(F)cc4F)CC3)c2c1. The molecule has 2 aromatic carbocycles. The predicted molar refractivity (Wildman–Crippen MR) is 139 cm³/mol. The second-order valence-corrected chi connectivity index (χ2v) is 10.3. The lowest BCUT2D eigenvalue weighted by atomic mass is 9.71. The molecule has 1 saturated heterocycles. The van der Waals surface area contributed by atoms with Crippen LogP contribution in [0.5, 0.6) is 11.5 Å². The van der Waals surface area contributed by atoms with Gasteiger partial charge in [0.25, 0.3) is 0 Å². The van der Waals surface area contributed by atoms with E-state index >= 15 is 0 Å². The predicted octanol–water partition coefficient (Wildman–Crippen LogP) is 5.42. The van der Waals surface area contributed by atoms with Gasteiger partial charge in [0.1, 0.15) is 18.2 Å². The molecule has 0 amide bonds. The minimum atomic E-state index is -1.10. The number of hydrogen-bond donors (Lipinski definition) is 2. The second kappa shape index (κ2) is 12.2. The van der Waals surface area contributed by atoms with E-state index in [9.17, 15) is 28.2 Å². The Bertz CT molecular complexity index is 1300. The molecule has 39 heavy (non-hydrogen) atoms. The van der Waals surface area contributed by atoms with Crippen LogP contribution in [0.15, 0.2) is 36.5 Å². The molecule has 0 bridgehead atoms. The van der Waals surface area contributed by atoms with Crippen LogP contribution in [0.2, 0.25) is 0 Å². The topological polar surface area (TPSA) is 92.1 Å². The Hall–Kier alpha value is -3.37. The molecule has 0 aliphatic carbocycles. The van der Waals surface area contributed by atoms with E-state index in [2.05, 4.69) is 4.98 Å². The molecule has 210 valence electrons. The van der Waals surface area contributed by atoms with Gasteiger partial charge in [0.15, 0.2) is 17.4 Å². The third-order valence-corrected chi connectivity index (χ3v) is 7.66. The lowest BCUT2D eigenvalue weighted by Gasteiger charge is -2.41. The van der Waals surface area contributed by atoms with Crippen molar-refractivity contribution in [2.45, 2.75) is 45.1 Å². The quantitative estimate of drug-likeness (QED) is 0.332. The molecule has 2 heterocycles. The number of methoxy groups -OCH3 is 1. The highest BCUT2D eigenvalue weighted by Gasteiger charge is 2.37. The highest BCUT2D eigenvalue weighted by molar-refractivity contribution is 5.84. The molecule has 10 heteroatoms. The summed E-state index contributed by atoms with van der Waals surface area (Å²) in [5, 5.41) is 21.7. The van der Waals surface area contributed by atoms with Crippen LogP contribution in [0.3, 0.4) is 0 Å². The van der Waals surface area contributed by atoms with Crippen LogP contribution in [0.1, 0.15) is 49.3 Å². The standard InChI is InChI=1S/C29H33F3N2O5/c1-18-17-33-24-4-3-20(38-2)15-21(24)27(18)25(35)5-6-29(16-26(36)37)7-9-34(10-8-29)11-12-39-28-22(31)13-19(30)14-23(28)32/h3-4,13-15,17,25,35H,5-12,16H2,1-2H3,(H,36,37). The number of likely N-dealkylation sites (tertiary alicyclic amines) is 1. The van der Waals surface area contributed by atoms with Gasteiger partial charge in [-0.15, -0.1) is 0 Å². The maximum atomic E-state index is 13.8. The monoisotopic (exact) mass is 546 g/mol. The molecule has 3 aromatic rings. The second-order valence-electron chi connectivity index (χ2n) is 10.3. The number of aromatic nitrogens is 1. The molecule has 1 aliphatic rings. The molecule has 0 saturated carbocycles. The number of aliphatic hydroxyl groups is 1. The molecule has 1 aromatic heterocycles. The van der Waals surface area contributed by atoms with E-state index in [0.29, 0.717) is 63.2 Å². The van der Waals surface area contributed by atoms with Gasteiger partial charge in [-0.2, -0.15) is 0 Å². The fourth-order valence-electron chi connectivity index (χ4n) is 5.48. The van der Waals surface area contributed by atoms with Crippen LogP contribution in [-0.2, 0) is 4.79 Å². The fourth-order valence-corrected chi connectivity index (χ4v) is 5.48. The maximum absolute atomic E-state index is 13.8. The van der Waals surface area contributed by atoms with Gasteiger partial charge in [-0.3, -0.25) is 14.7 Å². The summed E-state index contributed by atoms with van der Waals surface area (Å²) in [4.78, 5) is 18.3. The maximum Gasteiger partial charge on any atom is 0.303 e. The molecule has 2 N–H and O–H groups in total. The van der Waals surface area contributed by atoms with Crippen LogP contribution in [-0.4, -0.2) is 59.4 Å². The number of benzene rings is 2. The normalized spacial score (nSPS) is 16.3. The van der Waals surface area contributed by atoms with Crippen LogP contribution < -0.4 is 9.47 Å². The third kappa shape index (κ3) is 6.80. The van der Waals surface area contributed by atoms with E-state index in [1.165, 1.54) is 0 Å². The van der Waals surface area contributed by atoms with E-state index in [1.807, 2.05) is 30.0 Å². The molecule has 1 fully saturated rings. The highest BCUT2D eigenvalue weighted by Crippen LogP contribution is 2.42. The molecule has 0 spiro atoms. The number of aliphatic carboxylic acids is 1. The first-order valence-electron chi connectivity index (χ1n) is 12.9. The molecule has 1 atom stereocenters. The van der Waals surface area contributed by atoms with Crippen molar-refractivity contribution in [1.82, 2.24) is 9.88 Å². The van der Waals surface area contributed by atoms with E-state index in [0.717, 1.165) is 22.0 Å². The van der Waals surface area contributed by atoms with Gasteiger partial charge >= 0.3 is 5.97 Å². The number of ether oxygens (including phenoxy) is 2. The molecule has 0 radical (unpaired) electrons. The van der Waals surface area contributed by atoms with Gasteiger partial charge in [-0.05, 0) is 80.4 Å². The smallest absolute Gasteiger partial charge is 0.303 e. The van der Waals surface area contributed by atoms with Crippen LogP contribution in [0.25, 0.3) is 10.9 Å². The van der Waals surface area contributed by atoms with Crippen molar-refractivity contribution in [2.75, 3.05) is 33.4 Å². The summed E-state index contributed by atoms with van der Waals surface area (Å²) in [6.45, 7) is 3.43. The van der Waals surface area contributed by atoms with E-state index in [4.69, 9.17) is 9.47 Å². The Morgan fingerprint density at radius 2 is 1.85 bits per heavy atom. The number of piperidine rings is 1. The number of aryl methyl sites for hydroxylation is 1. The van der Waals surface area contributed by atoms with Crippen molar-refractivity contribution in [3.05, 3.63) is 65.1 Å². The van der Waals surface area contributed by atoms with Crippen molar-refractivity contribution in [3.63, 3.8) is 0 Å². The van der Waals surface area contributed by atoms with Gasteiger partial charge in [0.05, 0.1) is 25.2 Å². The van der Waals surface area contributed by atoms with Crippen molar-refractivity contribution >= 4 is 16.9 Å². The van der Waals surface area contributed by atoms with Crippen molar-refractivity contribution < 1.29 is 37.7 Å². The summed E-state index contributed by atoms with van der Waals surface area (Å²) in [5.41, 5.74) is 1.86. The number of aliphatic hydroxyl groups excluding tert-OH is 1. The van der Waals surface area contributed by atoms with E-state index < -0.39 is 40.7 Å². The van der Waals surface area contributed by atoms with Crippen LogP contribution >= 0.6 is 0 Å². The average molecular weight is 547 g/mol. The zero-order valence-corrected chi connectivity index (χ0v) is 22.1. The number of nitrogens with zero attached hydrogens (tertiary/aromatic N) is 2. The summed E-state index contributed by atoms with van der Waals surface area (Å²) < 4.78 is 51.3. The minimum absolute atomic E-state index is 0.00196. The number of carbonyl (C=O) groups is 1. The minimum Gasteiger partial charge on any atom is -0.497 e. The van der Waals surface area contributed by atoms with Crippen molar-refractivity contribution in [3.8, 4) is 11.5 Å². The summed E-state index contributed by atoms with van der Waals surface area (Å²) in [6, 6.07) is 6.65. The Morgan fingerprint density at radius 1 is 1.15 bits per heavy atom. The van der Waals surface area contributed by atoms with Gasteiger partial charge in [-0.25, -0.2) is 13.2 Å². The largest absolute Gasteiger partial charge is 0.497 e. The number of rotatable bonds is 11. The van der Waals surface area contributed by atoms with Gasteiger partial charge in [-0.1, -0.05) is 0 Å². The summed E-state index contributed by atoms with van der Waals surface area (Å²) in [6.07, 6.45) is 3.00. The first-order chi connectivity index (χ1) is 18.6. The number of pyridine rings is 1. The molecule has 4 rings (SSSR count). The van der Waals surface area contributed by atoms with Crippen LogP contribution in [0, 0.1) is 29.8 Å². The van der Waals surface area contributed by atoms with Gasteiger partial charge < -0.3 is 19.7 Å². The third-order valence-electron chi connectivity index (χ3n) is 7.66. The highest BCUT2D eigenvalue weighted by atomic mass is 19.1. The zero-order chi connectivity index (χ0) is 28.2. The Balaban J connectivity index is 1.39. The van der Waals surface area contributed by atoms with Crippen molar-refractivity contribution in [2.24, 2.45) is 5.41 Å². The van der Waals surface area contributed by atoms with Crippen LogP contribution in [0.4, 0.5) is 13.2 Å². The van der Waals surface area contributed by atoms with Gasteiger partial charge in [0.2, 0.25) is 0 Å². The van der Waals surface area contributed by atoms with Gasteiger partial charge in [0, 0.05) is 30.3 Å². The summed E-state index contributed by atoms with van der Waals surface area (Å²) in [7, 11) is 1.58. The molecule has 7 nitrogen and oxygen atoms in total. The fraction of sp³-hybridized carbons (Fsp3) is 0.448. The first-order valence-corrected chi connectivity index (χ1v) is 12.9. The number of hydrogen-bond acceptors (Lipinski definition) is 6. The zero-order valence-electron chi connectivity index (χ0n) is 22.1. The lowest BCUT2D eigenvalue weighted by Crippen LogP contribution is -2.42. The Morgan fingerprint density at radius 3 is 2.49 bits per heavy atom. The summed E-state index contributed by atoms with van der Waals surface area (Å²) >= 11 is 0. The number of halogens is 3. The Kier molecular flexibility index (Phi) is 8.97. The lowest BCUT2D eigenvalue weighted by molar-refractivity contribution is -0.141. The molecular weight excluding hydrogens is 513 g/mol. The average Bonchev–Trinajstić information content (AvgIpc) is 2.89. The number of carboxylic acids is 1. The first kappa shape index (κ1) is 28.6. The molecular formula is C29H33F3N2O5. The molecule has 1 aliphatic heterocycles. The number of carboxylic acid groups (broad SMARTS) is 1. The number of fused-ring (bicyclic) bond motifs is 1. The Labute approximate surface area is 225 Å². The summed E-state index contributed by atoms with van der Waals surface area (Å²) in [5.74, 6) is -4.05. The van der Waals surface area contributed by atoms with E-state index in [-0.39, 0.29) is 13.0 Å². The molecule has 1 unspecified atom stereocenters. The van der Waals surface area contributed by atoms with Crippen molar-refractivity contribution in [1.29, 1.82) is 0 Å². The van der Waals surface area contributed by atoms with E-state index in [1.54, 1.807) is 13.3 Å².